The number of carboxylic acids is 1. The average molecular weight is 817 g/mol. The van der Waals surface area contributed by atoms with Crippen LogP contribution in [0.5, 0.6) is 0 Å². The fourth-order valence-corrected chi connectivity index (χ4v) is 8.06. The molecule has 0 aromatic carbocycles. The number of ether oxygens (including phenoxy) is 1. The Morgan fingerprint density at radius 2 is 1.09 bits per heavy atom. The highest BCUT2D eigenvalue weighted by atomic mass is 16.6. The molecule has 0 bridgehead atoms. The van der Waals surface area contributed by atoms with Gasteiger partial charge in [-0.1, -0.05) is 100 Å². The van der Waals surface area contributed by atoms with Gasteiger partial charge in [0.05, 0.1) is 25.9 Å². The maximum Gasteiger partial charge on any atom is 0.307 e. The molecule has 0 amide bonds. The first-order valence-corrected chi connectivity index (χ1v) is 22.3. The predicted molar refractivity (Wildman–Crippen MR) is 227 cm³/mol. The third-order valence-electron chi connectivity index (χ3n) is 11.4. The predicted octanol–water partition coefficient (Wildman–Crippen LogP) is 8.00. The lowest BCUT2D eigenvalue weighted by atomic mass is 9.84. The number of aliphatic carboxylic acids is 1. The van der Waals surface area contributed by atoms with E-state index in [0.717, 1.165) is 63.7 Å². The molecule has 58 heavy (non-hydrogen) atoms. The fraction of sp³-hybridized carbons (Fsp3) is 0.864. The van der Waals surface area contributed by atoms with E-state index in [4.69, 9.17) is 13.8 Å². The van der Waals surface area contributed by atoms with Gasteiger partial charge in [-0.3, -0.25) is 19.4 Å². The third-order valence-corrected chi connectivity index (χ3v) is 11.4. The molecule has 14 heteroatoms. The Bertz CT molecular complexity index is 1410. The monoisotopic (exact) mass is 817 g/mol. The Labute approximate surface area is 350 Å². The molecule has 0 aliphatic heterocycles. The molecule has 2 aromatic rings. The van der Waals surface area contributed by atoms with Crippen molar-refractivity contribution in [1.29, 1.82) is 0 Å². The molecule has 2 saturated carbocycles. The van der Waals surface area contributed by atoms with Crippen LogP contribution in [0.2, 0.25) is 0 Å². The number of hydrogen-bond acceptors (Lipinski definition) is 13. The van der Waals surface area contributed by atoms with Crippen molar-refractivity contribution in [3.63, 3.8) is 0 Å². The van der Waals surface area contributed by atoms with Gasteiger partial charge in [0.25, 0.3) is 0 Å². The van der Waals surface area contributed by atoms with Crippen molar-refractivity contribution in [3.8, 4) is 0 Å². The number of nitrogens with zero attached hydrogens (tertiary/aromatic N) is 8. The van der Waals surface area contributed by atoms with Crippen LogP contribution in [0, 0.1) is 11.8 Å². The van der Waals surface area contributed by atoms with Crippen LogP contribution in [0.25, 0.3) is 0 Å². The lowest BCUT2D eigenvalue weighted by Crippen LogP contribution is -2.28. The van der Waals surface area contributed by atoms with Crippen molar-refractivity contribution in [2.75, 3.05) is 68.5 Å². The van der Waals surface area contributed by atoms with Gasteiger partial charge in [0.1, 0.15) is 5.60 Å². The molecule has 0 saturated heterocycles. The van der Waals surface area contributed by atoms with E-state index in [0.29, 0.717) is 42.9 Å². The molecule has 0 unspecified atom stereocenters. The molecule has 1 N–H and O–H groups in total. The Morgan fingerprint density at radius 1 is 0.672 bits per heavy atom. The first-order valence-electron chi connectivity index (χ1n) is 22.3. The molecule has 2 aliphatic carbocycles. The van der Waals surface area contributed by atoms with Crippen LogP contribution >= 0.6 is 0 Å². The standard InChI is InChI=1S/C24H44N4O3.C20H36N4O3/c1-24(2,3)30-22(29)17-20(14-10-13-19-11-8-7-9-12-19)23-25-21(26-31-23)18-28(6)16-15-27(4)5;1-23(2)12-13-24(3)15-18-21-20(27-22-18)17(14-19(25)26)11-7-10-16-8-5-4-6-9-16/h19-20H,7-18H2,1-6H3;16-17H,4-15H2,1-3H3,(H,25,26)/t20-;17-/m11/s1. The topological polar surface area (TPSA) is 154 Å². The molecule has 332 valence electrons. The lowest BCUT2D eigenvalue weighted by Gasteiger charge is -2.23. The summed E-state index contributed by atoms with van der Waals surface area (Å²) in [6.07, 6.45) is 20.1. The zero-order valence-corrected chi connectivity index (χ0v) is 37.8. The van der Waals surface area contributed by atoms with E-state index in [1.165, 1.54) is 77.0 Å². The first kappa shape index (κ1) is 49.4. The number of hydrogen-bond donors (Lipinski definition) is 1. The van der Waals surface area contributed by atoms with Crippen molar-refractivity contribution in [2.45, 2.75) is 167 Å². The first-order chi connectivity index (χ1) is 27.6. The zero-order valence-electron chi connectivity index (χ0n) is 37.8. The van der Waals surface area contributed by atoms with E-state index in [1.807, 2.05) is 41.9 Å². The average Bonchev–Trinajstić information content (AvgIpc) is 3.82. The number of carbonyl (C=O) groups is 2. The highest BCUT2D eigenvalue weighted by molar-refractivity contribution is 5.70. The summed E-state index contributed by atoms with van der Waals surface area (Å²) in [6, 6.07) is 0. The number of carboxylic acid groups (broad SMARTS) is 1. The molecule has 2 atom stereocenters. The van der Waals surface area contributed by atoms with Gasteiger partial charge >= 0.3 is 11.9 Å². The van der Waals surface area contributed by atoms with Crippen molar-refractivity contribution in [1.82, 2.24) is 39.9 Å². The molecule has 2 aliphatic rings. The van der Waals surface area contributed by atoms with Crippen LogP contribution in [-0.2, 0) is 27.4 Å². The lowest BCUT2D eigenvalue weighted by molar-refractivity contribution is -0.155. The van der Waals surface area contributed by atoms with Gasteiger partial charge in [-0.05, 0) is 87.7 Å². The molecular formula is C44H80N8O6. The summed E-state index contributed by atoms with van der Waals surface area (Å²) in [6.45, 7) is 10.7. The van der Waals surface area contributed by atoms with E-state index in [1.54, 1.807) is 0 Å². The maximum absolute atomic E-state index is 12.5. The Kier molecular flexibility index (Phi) is 22.4. The summed E-state index contributed by atoms with van der Waals surface area (Å²) in [5, 5.41) is 17.5. The summed E-state index contributed by atoms with van der Waals surface area (Å²) in [7, 11) is 12.3. The van der Waals surface area contributed by atoms with Crippen LogP contribution in [0.3, 0.4) is 0 Å². The summed E-state index contributed by atoms with van der Waals surface area (Å²) < 4.78 is 16.6. The number of carbonyl (C=O) groups excluding carboxylic acids is 1. The number of likely N-dealkylation sites (N-methyl/N-ethyl adjacent to an activating group) is 4. The second-order valence-corrected chi connectivity index (χ2v) is 18.8. The van der Waals surface area contributed by atoms with Gasteiger partial charge < -0.3 is 28.7 Å². The highest BCUT2D eigenvalue weighted by Crippen LogP contribution is 2.33. The Morgan fingerprint density at radius 3 is 1.47 bits per heavy atom. The van der Waals surface area contributed by atoms with Crippen molar-refractivity contribution < 1.29 is 28.5 Å². The van der Waals surface area contributed by atoms with E-state index >= 15 is 0 Å². The van der Waals surface area contributed by atoms with Crippen LogP contribution < -0.4 is 0 Å². The second kappa shape index (κ2) is 26.3. The van der Waals surface area contributed by atoms with E-state index in [9.17, 15) is 14.7 Å². The second-order valence-electron chi connectivity index (χ2n) is 18.8. The van der Waals surface area contributed by atoms with Gasteiger partial charge in [0.15, 0.2) is 11.6 Å². The minimum atomic E-state index is -0.805. The van der Waals surface area contributed by atoms with Crippen LogP contribution in [0.15, 0.2) is 9.05 Å². The van der Waals surface area contributed by atoms with Crippen molar-refractivity contribution >= 4 is 11.9 Å². The number of aromatic nitrogens is 4. The molecular weight excluding hydrogens is 737 g/mol. The van der Waals surface area contributed by atoms with Crippen molar-refractivity contribution in [2.24, 2.45) is 11.8 Å². The Hall–Kier alpha value is -2.94. The normalized spacial score (nSPS) is 16.8. The summed E-state index contributed by atoms with van der Waals surface area (Å²) in [5.41, 5.74) is -0.487. The van der Waals surface area contributed by atoms with Gasteiger partial charge in [0.2, 0.25) is 11.8 Å². The van der Waals surface area contributed by atoms with Gasteiger partial charge in [-0.15, -0.1) is 0 Å². The summed E-state index contributed by atoms with van der Waals surface area (Å²) >= 11 is 0. The highest BCUT2D eigenvalue weighted by Gasteiger charge is 2.27. The summed E-state index contributed by atoms with van der Waals surface area (Å²) in [5.74, 6) is 2.76. The Balaban J connectivity index is 0.000000313. The quantitative estimate of drug-likeness (QED) is 0.102. The molecule has 0 spiro atoms. The smallest absolute Gasteiger partial charge is 0.307 e. The summed E-state index contributed by atoms with van der Waals surface area (Å²) in [4.78, 5) is 41.6. The van der Waals surface area contributed by atoms with E-state index < -0.39 is 11.6 Å². The van der Waals surface area contributed by atoms with Gasteiger partial charge in [0, 0.05) is 38.0 Å². The molecule has 14 nitrogen and oxygen atoms in total. The SMILES string of the molecule is CN(C)CCN(C)Cc1noc([C@H](CCCC2CCCCC2)CC(=O)O)n1.CN(C)CCN(C)Cc1noc([C@H](CCCC2CCCCC2)CC(=O)OC(C)(C)C)n1. The minimum absolute atomic E-state index is 0.0583. The fourth-order valence-electron chi connectivity index (χ4n) is 8.06. The third kappa shape index (κ3) is 21.4. The molecule has 4 rings (SSSR count). The molecule has 0 radical (unpaired) electrons. The van der Waals surface area contributed by atoms with Crippen LogP contribution in [0.1, 0.15) is 172 Å². The molecule has 2 fully saturated rings. The van der Waals surface area contributed by atoms with E-state index in [-0.39, 0.29) is 24.2 Å². The molecule has 2 aromatic heterocycles. The molecule has 2 heterocycles. The van der Waals surface area contributed by atoms with Gasteiger partial charge in [-0.2, -0.15) is 9.97 Å². The minimum Gasteiger partial charge on any atom is -0.481 e. The van der Waals surface area contributed by atoms with E-state index in [2.05, 4.69) is 61.0 Å². The zero-order chi connectivity index (χ0) is 42.5. The largest absolute Gasteiger partial charge is 0.481 e. The number of rotatable bonds is 24. The van der Waals surface area contributed by atoms with Crippen LogP contribution in [0.4, 0.5) is 0 Å². The van der Waals surface area contributed by atoms with Crippen LogP contribution in [-0.4, -0.2) is 131 Å². The maximum atomic E-state index is 12.5. The van der Waals surface area contributed by atoms with Crippen molar-refractivity contribution in [3.05, 3.63) is 23.4 Å². The number of esters is 1. The van der Waals surface area contributed by atoms with Gasteiger partial charge in [-0.25, -0.2) is 0 Å².